The highest BCUT2D eigenvalue weighted by atomic mass is 16.2. The standard InChI is InChI=1S/C18H31N3O2/c1-14(22)19-16-8-5-11-21(12-16)18(23)13-20-10-4-7-15-6-2-3-9-17(15)20/h15-17H,2-13H2,1H3,(H,19,22)/t15-,16-,17+/m1/s1. The second-order valence-corrected chi connectivity index (χ2v) is 7.60. The molecular weight excluding hydrogens is 290 g/mol. The number of carbonyl (C=O) groups excluding carboxylic acids is 2. The first-order chi connectivity index (χ1) is 11.1. The van der Waals surface area contributed by atoms with Crippen molar-refractivity contribution in [2.24, 2.45) is 5.92 Å². The van der Waals surface area contributed by atoms with Crippen molar-refractivity contribution in [3.63, 3.8) is 0 Å². The summed E-state index contributed by atoms with van der Waals surface area (Å²) in [6.07, 6.45) is 9.87. The van der Waals surface area contributed by atoms with Crippen LogP contribution in [0.5, 0.6) is 0 Å². The fraction of sp³-hybridized carbons (Fsp3) is 0.889. The number of fused-ring (bicyclic) bond motifs is 1. The van der Waals surface area contributed by atoms with Crippen LogP contribution in [0.2, 0.25) is 0 Å². The minimum absolute atomic E-state index is 0.00498. The van der Waals surface area contributed by atoms with Crippen molar-refractivity contribution >= 4 is 11.8 Å². The molecule has 1 N–H and O–H groups in total. The third kappa shape index (κ3) is 4.25. The van der Waals surface area contributed by atoms with E-state index < -0.39 is 0 Å². The van der Waals surface area contributed by atoms with Crippen molar-refractivity contribution in [2.45, 2.75) is 70.4 Å². The van der Waals surface area contributed by atoms with Gasteiger partial charge in [0, 0.05) is 32.1 Å². The molecule has 0 radical (unpaired) electrons. The molecule has 2 saturated heterocycles. The molecule has 2 aliphatic heterocycles. The van der Waals surface area contributed by atoms with Gasteiger partial charge in [-0.05, 0) is 51.0 Å². The molecule has 3 atom stereocenters. The molecule has 130 valence electrons. The van der Waals surface area contributed by atoms with E-state index in [4.69, 9.17) is 0 Å². The van der Waals surface area contributed by atoms with Crippen LogP contribution in [0.25, 0.3) is 0 Å². The lowest BCUT2D eigenvalue weighted by molar-refractivity contribution is -0.136. The van der Waals surface area contributed by atoms with Crippen LogP contribution < -0.4 is 5.32 Å². The zero-order valence-electron chi connectivity index (χ0n) is 14.4. The van der Waals surface area contributed by atoms with E-state index in [0.717, 1.165) is 31.8 Å². The maximum atomic E-state index is 12.7. The number of carbonyl (C=O) groups is 2. The summed E-state index contributed by atoms with van der Waals surface area (Å²) in [6, 6.07) is 0.770. The molecule has 5 heteroatoms. The van der Waals surface area contributed by atoms with Crippen LogP contribution in [0.4, 0.5) is 0 Å². The highest BCUT2D eigenvalue weighted by Gasteiger charge is 2.35. The molecule has 3 fully saturated rings. The molecule has 0 spiro atoms. The third-order valence-corrected chi connectivity index (χ3v) is 5.88. The molecule has 3 aliphatic rings. The van der Waals surface area contributed by atoms with Crippen LogP contribution in [0.15, 0.2) is 0 Å². The summed E-state index contributed by atoms with van der Waals surface area (Å²) in [5, 5.41) is 2.97. The minimum Gasteiger partial charge on any atom is -0.352 e. The van der Waals surface area contributed by atoms with Gasteiger partial charge in [-0.1, -0.05) is 12.8 Å². The summed E-state index contributed by atoms with van der Waals surface area (Å²) < 4.78 is 0. The molecule has 2 heterocycles. The van der Waals surface area contributed by atoms with Gasteiger partial charge in [0.2, 0.25) is 11.8 Å². The number of hydrogen-bond acceptors (Lipinski definition) is 3. The second kappa shape index (κ2) is 7.65. The van der Waals surface area contributed by atoms with Crippen LogP contribution in [0, 0.1) is 5.92 Å². The molecule has 0 unspecified atom stereocenters. The van der Waals surface area contributed by atoms with Gasteiger partial charge in [0.05, 0.1) is 6.54 Å². The van der Waals surface area contributed by atoms with E-state index in [-0.39, 0.29) is 17.9 Å². The SMILES string of the molecule is CC(=O)N[C@@H]1CCCN(C(=O)CN2CCC[C@H]3CCCC[C@@H]32)C1. The Kier molecular flexibility index (Phi) is 5.57. The first-order valence-corrected chi connectivity index (χ1v) is 9.42. The quantitative estimate of drug-likeness (QED) is 0.862. The molecule has 1 saturated carbocycles. The highest BCUT2D eigenvalue weighted by Crippen LogP contribution is 2.35. The number of rotatable bonds is 3. The summed E-state index contributed by atoms with van der Waals surface area (Å²) in [4.78, 5) is 28.4. The maximum Gasteiger partial charge on any atom is 0.236 e. The van der Waals surface area contributed by atoms with E-state index in [1.165, 1.54) is 38.5 Å². The van der Waals surface area contributed by atoms with E-state index >= 15 is 0 Å². The Balaban J connectivity index is 1.54. The third-order valence-electron chi connectivity index (χ3n) is 5.88. The summed E-state index contributed by atoms with van der Waals surface area (Å²) in [5.74, 6) is 1.08. The molecule has 0 aromatic rings. The Morgan fingerprint density at radius 3 is 2.57 bits per heavy atom. The average Bonchev–Trinajstić information content (AvgIpc) is 2.55. The molecule has 0 bridgehead atoms. The van der Waals surface area contributed by atoms with E-state index in [1.807, 2.05) is 4.90 Å². The number of amides is 2. The van der Waals surface area contributed by atoms with Gasteiger partial charge in [-0.25, -0.2) is 0 Å². The molecular formula is C18H31N3O2. The van der Waals surface area contributed by atoms with Gasteiger partial charge >= 0.3 is 0 Å². The van der Waals surface area contributed by atoms with E-state index in [2.05, 4.69) is 10.2 Å². The van der Waals surface area contributed by atoms with Gasteiger partial charge in [-0.15, -0.1) is 0 Å². The Labute approximate surface area is 139 Å². The number of nitrogens with one attached hydrogen (secondary N) is 1. The van der Waals surface area contributed by atoms with Crippen LogP contribution >= 0.6 is 0 Å². The van der Waals surface area contributed by atoms with Crippen LogP contribution in [-0.4, -0.2) is 59.9 Å². The van der Waals surface area contributed by atoms with Crippen molar-refractivity contribution in [3.8, 4) is 0 Å². The predicted octanol–water partition coefficient (Wildman–Crippen LogP) is 1.77. The summed E-state index contributed by atoms with van der Waals surface area (Å²) in [6.45, 7) is 4.73. The van der Waals surface area contributed by atoms with Gasteiger partial charge in [-0.2, -0.15) is 0 Å². The first-order valence-electron chi connectivity index (χ1n) is 9.42. The lowest BCUT2D eigenvalue weighted by Gasteiger charge is -2.44. The lowest BCUT2D eigenvalue weighted by Crippen LogP contribution is -2.54. The topological polar surface area (TPSA) is 52.7 Å². The smallest absolute Gasteiger partial charge is 0.236 e. The Morgan fingerprint density at radius 1 is 1.00 bits per heavy atom. The second-order valence-electron chi connectivity index (χ2n) is 7.60. The largest absolute Gasteiger partial charge is 0.352 e. The van der Waals surface area contributed by atoms with Gasteiger partial charge < -0.3 is 10.2 Å². The van der Waals surface area contributed by atoms with Crippen molar-refractivity contribution in [1.29, 1.82) is 0 Å². The van der Waals surface area contributed by atoms with Crippen molar-refractivity contribution in [3.05, 3.63) is 0 Å². The van der Waals surface area contributed by atoms with Crippen molar-refractivity contribution in [1.82, 2.24) is 15.1 Å². The summed E-state index contributed by atoms with van der Waals surface area (Å²) in [5.41, 5.74) is 0. The lowest BCUT2D eigenvalue weighted by atomic mass is 9.78. The normalized spacial score (nSPS) is 32.2. The van der Waals surface area contributed by atoms with Crippen molar-refractivity contribution in [2.75, 3.05) is 26.2 Å². The Hall–Kier alpha value is -1.10. The molecule has 0 aromatic carbocycles. The molecule has 1 aliphatic carbocycles. The first kappa shape index (κ1) is 16.7. The maximum absolute atomic E-state index is 12.7. The number of hydrogen-bond donors (Lipinski definition) is 1. The van der Waals surface area contributed by atoms with Gasteiger partial charge in [0.1, 0.15) is 0 Å². The zero-order valence-corrected chi connectivity index (χ0v) is 14.4. The molecule has 0 aromatic heterocycles. The summed E-state index contributed by atoms with van der Waals surface area (Å²) >= 11 is 0. The molecule has 2 amide bonds. The van der Waals surface area contributed by atoms with Crippen LogP contribution in [-0.2, 0) is 9.59 Å². The molecule has 5 nitrogen and oxygen atoms in total. The Bertz CT molecular complexity index is 438. The fourth-order valence-corrected chi connectivity index (χ4v) is 4.81. The zero-order chi connectivity index (χ0) is 16.2. The number of nitrogens with zero attached hydrogens (tertiary/aromatic N) is 2. The monoisotopic (exact) mass is 321 g/mol. The molecule has 23 heavy (non-hydrogen) atoms. The summed E-state index contributed by atoms with van der Waals surface area (Å²) in [7, 11) is 0. The van der Waals surface area contributed by atoms with E-state index in [1.54, 1.807) is 6.92 Å². The molecule has 3 rings (SSSR count). The van der Waals surface area contributed by atoms with Crippen LogP contribution in [0.3, 0.4) is 0 Å². The van der Waals surface area contributed by atoms with E-state index in [9.17, 15) is 9.59 Å². The number of likely N-dealkylation sites (tertiary alicyclic amines) is 2. The minimum atomic E-state index is 0.00498. The number of piperidine rings is 2. The van der Waals surface area contributed by atoms with Crippen LogP contribution in [0.1, 0.15) is 58.3 Å². The van der Waals surface area contributed by atoms with Gasteiger partial charge in [0.15, 0.2) is 0 Å². The van der Waals surface area contributed by atoms with Gasteiger partial charge in [0.25, 0.3) is 0 Å². The highest BCUT2D eigenvalue weighted by molar-refractivity contribution is 5.79. The predicted molar refractivity (Wildman–Crippen MR) is 90.0 cm³/mol. The van der Waals surface area contributed by atoms with E-state index in [0.29, 0.717) is 19.1 Å². The van der Waals surface area contributed by atoms with Crippen molar-refractivity contribution < 1.29 is 9.59 Å². The van der Waals surface area contributed by atoms with Gasteiger partial charge in [-0.3, -0.25) is 14.5 Å². The fourth-order valence-electron chi connectivity index (χ4n) is 4.81. The Morgan fingerprint density at radius 2 is 1.74 bits per heavy atom. The average molecular weight is 321 g/mol.